The van der Waals surface area contributed by atoms with Crippen molar-refractivity contribution in [2.45, 2.75) is 0 Å². The summed E-state index contributed by atoms with van der Waals surface area (Å²) in [5, 5.41) is 10.8. The first-order valence-corrected chi connectivity index (χ1v) is 6.24. The molecule has 2 aliphatic rings. The average Bonchev–Trinajstić information content (AvgIpc) is 2.34. The number of carbonyl (C=O) groups excluding carboxylic acids is 1. The molecule has 1 amide bonds. The zero-order valence-electron chi connectivity index (χ0n) is 11.0. The smallest absolute Gasteiger partial charge is 0.310 e. The third kappa shape index (κ3) is 1.90. The van der Waals surface area contributed by atoms with Crippen molar-refractivity contribution in [1.29, 1.82) is 0 Å². The minimum absolute atomic E-state index is 0.100. The summed E-state index contributed by atoms with van der Waals surface area (Å²) in [6, 6.07) is 4.18. The number of ether oxygens (including phenoxy) is 2. The highest BCUT2D eigenvalue weighted by Gasteiger charge is 2.50. The Morgan fingerprint density at radius 1 is 1.45 bits per heavy atom. The predicted octanol–water partition coefficient (Wildman–Crippen LogP) is 1.08. The van der Waals surface area contributed by atoms with Gasteiger partial charge in [-0.2, -0.15) is 0 Å². The van der Waals surface area contributed by atoms with Gasteiger partial charge in [-0.3, -0.25) is 14.9 Å². The molecule has 7 heteroatoms. The summed E-state index contributed by atoms with van der Waals surface area (Å²) < 4.78 is 10.1. The third-order valence-corrected chi connectivity index (χ3v) is 3.78. The molecule has 20 heavy (non-hydrogen) atoms. The van der Waals surface area contributed by atoms with Gasteiger partial charge in [-0.05, 0) is 6.07 Å². The maximum absolute atomic E-state index is 12.3. The molecule has 2 saturated heterocycles. The van der Waals surface area contributed by atoms with E-state index in [1.165, 1.54) is 25.3 Å². The van der Waals surface area contributed by atoms with Crippen LogP contribution in [0.25, 0.3) is 0 Å². The van der Waals surface area contributed by atoms with Crippen molar-refractivity contribution in [1.82, 2.24) is 4.90 Å². The molecule has 0 aliphatic carbocycles. The summed E-state index contributed by atoms with van der Waals surface area (Å²) in [5.41, 5.74) is 0.416. The normalized spacial score (nSPS) is 19.1. The molecule has 0 saturated carbocycles. The van der Waals surface area contributed by atoms with Crippen LogP contribution in [0.15, 0.2) is 18.2 Å². The molecule has 7 nitrogen and oxygen atoms in total. The molecule has 3 rings (SSSR count). The third-order valence-electron chi connectivity index (χ3n) is 3.78. The summed E-state index contributed by atoms with van der Waals surface area (Å²) in [5.74, 6) is -0.0289. The van der Waals surface area contributed by atoms with Crippen molar-refractivity contribution in [3.05, 3.63) is 33.9 Å². The molecule has 1 spiro atoms. The number of rotatable bonds is 3. The van der Waals surface area contributed by atoms with Gasteiger partial charge < -0.3 is 14.4 Å². The van der Waals surface area contributed by atoms with Gasteiger partial charge in [0, 0.05) is 30.8 Å². The molecular formula is C13H14N2O5. The lowest BCUT2D eigenvalue weighted by Crippen LogP contribution is -2.67. The quantitative estimate of drug-likeness (QED) is 0.610. The van der Waals surface area contributed by atoms with Gasteiger partial charge in [0.05, 0.1) is 30.7 Å². The first kappa shape index (κ1) is 12.9. The maximum atomic E-state index is 12.3. The fourth-order valence-electron chi connectivity index (χ4n) is 2.62. The van der Waals surface area contributed by atoms with Crippen LogP contribution < -0.4 is 4.74 Å². The highest BCUT2D eigenvalue weighted by molar-refractivity contribution is 5.95. The second kappa shape index (κ2) is 4.45. The minimum Gasteiger partial charge on any atom is -0.490 e. The predicted molar refractivity (Wildman–Crippen MR) is 68.8 cm³/mol. The average molecular weight is 278 g/mol. The summed E-state index contributed by atoms with van der Waals surface area (Å²) >= 11 is 0. The number of carbonyl (C=O) groups is 1. The Kier molecular flexibility index (Phi) is 2.86. The van der Waals surface area contributed by atoms with E-state index in [9.17, 15) is 14.9 Å². The molecule has 0 radical (unpaired) electrons. The van der Waals surface area contributed by atoms with E-state index in [1.54, 1.807) is 4.90 Å². The zero-order valence-corrected chi connectivity index (χ0v) is 11.0. The molecule has 0 atom stereocenters. The monoisotopic (exact) mass is 278 g/mol. The van der Waals surface area contributed by atoms with Crippen LogP contribution in [0, 0.1) is 15.5 Å². The van der Waals surface area contributed by atoms with Gasteiger partial charge in [-0.15, -0.1) is 0 Å². The lowest BCUT2D eigenvalue weighted by molar-refractivity contribution is -0.385. The first-order chi connectivity index (χ1) is 9.54. The van der Waals surface area contributed by atoms with Crippen molar-refractivity contribution in [2.24, 2.45) is 5.41 Å². The molecule has 106 valence electrons. The Bertz CT molecular complexity index is 574. The standard InChI is InChI=1S/C13H14N2O5/c1-19-11-4-9(2-3-10(11)15(17)18)12(16)14-5-13(6-14)7-20-8-13/h2-4H,5-8H2,1H3. The van der Waals surface area contributed by atoms with Crippen LogP contribution in [-0.2, 0) is 4.74 Å². The molecular weight excluding hydrogens is 264 g/mol. The molecule has 1 aromatic rings. The summed E-state index contributed by atoms with van der Waals surface area (Å²) in [4.78, 5) is 24.3. The van der Waals surface area contributed by atoms with Crippen LogP contribution in [-0.4, -0.2) is 49.1 Å². The Morgan fingerprint density at radius 2 is 2.15 bits per heavy atom. The minimum atomic E-state index is -0.530. The number of methoxy groups -OCH3 is 1. The number of nitro benzene ring substituents is 1. The van der Waals surface area contributed by atoms with Gasteiger partial charge in [-0.1, -0.05) is 0 Å². The van der Waals surface area contributed by atoms with Gasteiger partial charge in [-0.25, -0.2) is 0 Å². The molecule has 0 bridgehead atoms. The molecule has 0 N–H and O–H groups in total. The number of nitro groups is 1. The maximum Gasteiger partial charge on any atom is 0.310 e. The Hall–Kier alpha value is -2.15. The summed E-state index contributed by atoms with van der Waals surface area (Å²) in [6.07, 6.45) is 0. The molecule has 0 aromatic heterocycles. The second-order valence-corrected chi connectivity index (χ2v) is 5.30. The lowest BCUT2D eigenvalue weighted by Gasteiger charge is -2.54. The van der Waals surface area contributed by atoms with Gasteiger partial charge in [0.15, 0.2) is 5.75 Å². The van der Waals surface area contributed by atoms with Gasteiger partial charge in [0.25, 0.3) is 5.91 Å². The Morgan fingerprint density at radius 3 is 2.65 bits per heavy atom. The van der Waals surface area contributed by atoms with E-state index in [0.29, 0.717) is 31.9 Å². The number of likely N-dealkylation sites (tertiary alicyclic amines) is 1. The van der Waals surface area contributed by atoms with E-state index < -0.39 is 4.92 Å². The molecule has 2 aliphatic heterocycles. The zero-order chi connectivity index (χ0) is 14.3. The van der Waals surface area contributed by atoms with E-state index in [2.05, 4.69) is 0 Å². The molecule has 2 heterocycles. The van der Waals surface area contributed by atoms with Crippen molar-refractivity contribution in [2.75, 3.05) is 33.4 Å². The van der Waals surface area contributed by atoms with Crippen molar-refractivity contribution in [3.63, 3.8) is 0 Å². The van der Waals surface area contributed by atoms with Crippen molar-refractivity contribution >= 4 is 11.6 Å². The fraction of sp³-hybridized carbons (Fsp3) is 0.462. The van der Waals surface area contributed by atoms with Gasteiger partial charge in [0.1, 0.15) is 0 Å². The molecule has 2 fully saturated rings. The first-order valence-electron chi connectivity index (χ1n) is 6.24. The Labute approximate surface area is 115 Å². The fourth-order valence-corrected chi connectivity index (χ4v) is 2.62. The van der Waals surface area contributed by atoms with Crippen LogP contribution >= 0.6 is 0 Å². The van der Waals surface area contributed by atoms with Crippen LogP contribution in [0.1, 0.15) is 10.4 Å². The highest BCUT2D eigenvalue weighted by Crippen LogP contribution is 2.38. The van der Waals surface area contributed by atoms with E-state index >= 15 is 0 Å². The van der Waals surface area contributed by atoms with Crippen molar-refractivity contribution < 1.29 is 19.2 Å². The van der Waals surface area contributed by atoms with Gasteiger partial charge in [0.2, 0.25) is 0 Å². The van der Waals surface area contributed by atoms with E-state index in [1.807, 2.05) is 0 Å². The second-order valence-electron chi connectivity index (χ2n) is 5.30. The van der Waals surface area contributed by atoms with Crippen LogP contribution in [0.5, 0.6) is 5.75 Å². The summed E-state index contributed by atoms with van der Waals surface area (Å²) in [7, 11) is 1.35. The van der Waals surface area contributed by atoms with Crippen LogP contribution in [0.2, 0.25) is 0 Å². The molecule has 1 aromatic carbocycles. The van der Waals surface area contributed by atoms with E-state index in [0.717, 1.165) is 0 Å². The van der Waals surface area contributed by atoms with Crippen LogP contribution in [0.3, 0.4) is 0 Å². The van der Waals surface area contributed by atoms with E-state index in [-0.39, 0.29) is 22.8 Å². The number of hydrogen-bond acceptors (Lipinski definition) is 5. The summed E-state index contributed by atoms with van der Waals surface area (Å²) in [6.45, 7) is 2.79. The lowest BCUT2D eigenvalue weighted by atomic mass is 9.78. The van der Waals surface area contributed by atoms with E-state index in [4.69, 9.17) is 9.47 Å². The number of amides is 1. The topological polar surface area (TPSA) is 81.9 Å². The molecule has 0 unspecified atom stereocenters. The number of benzene rings is 1. The number of nitrogens with zero attached hydrogens (tertiary/aromatic N) is 2. The van der Waals surface area contributed by atoms with Crippen molar-refractivity contribution in [3.8, 4) is 5.75 Å². The van der Waals surface area contributed by atoms with Crippen LogP contribution in [0.4, 0.5) is 5.69 Å². The largest absolute Gasteiger partial charge is 0.490 e. The van der Waals surface area contributed by atoms with Gasteiger partial charge >= 0.3 is 5.69 Å². The highest BCUT2D eigenvalue weighted by atomic mass is 16.6. The Balaban J connectivity index is 1.77. The number of hydrogen-bond donors (Lipinski definition) is 0. The SMILES string of the molecule is COc1cc(C(=O)N2CC3(COC3)C2)ccc1[N+](=O)[O-].